The molecule has 1 aliphatic carbocycles. The van der Waals surface area contributed by atoms with Gasteiger partial charge in [-0.3, -0.25) is 0 Å². The fraction of sp³-hybridized carbons (Fsp3) is 0.619. The van der Waals surface area contributed by atoms with Crippen LogP contribution in [0.3, 0.4) is 0 Å². The summed E-state index contributed by atoms with van der Waals surface area (Å²) in [7, 11) is 1.89. The third-order valence-corrected chi connectivity index (χ3v) is 6.16. The Balaban J connectivity index is 1.51. The van der Waals surface area contributed by atoms with Crippen LogP contribution in [0.1, 0.15) is 51.0 Å². The number of urea groups is 1. The molecule has 0 spiro atoms. The summed E-state index contributed by atoms with van der Waals surface area (Å²) >= 11 is 0. The highest BCUT2D eigenvalue weighted by Crippen LogP contribution is 2.40. The molecule has 1 aromatic rings. The summed E-state index contributed by atoms with van der Waals surface area (Å²) in [5.41, 5.74) is 1.70. The third kappa shape index (κ3) is 4.49. The zero-order chi connectivity index (χ0) is 17.7. The number of aliphatic imine (C=N–C) groups is 1. The molecule has 2 aliphatic rings. The van der Waals surface area contributed by atoms with E-state index in [1.807, 2.05) is 18.2 Å². The Morgan fingerprint density at radius 2 is 1.80 bits per heavy atom. The van der Waals surface area contributed by atoms with Crippen molar-refractivity contribution < 1.29 is 4.79 Å². The second kappa shape index (κ2) is 8.13. The summed E-state index contributed by atoms with van der Waals surface area (Å²) in [6.07, 6.45) is 8.51. The summed E-state index contributed by atoms with van der Waals surface area (Å²) in [6.45, 7) is 4.35. The maximum Gasteiger partial charge on any atom is 0.343 e. The minimum absolute atomic E-state index is 0.0803. The second-order valence-electron chi connectivity index (χ2n) is 7.92. The van der Waals surface area contributed by atoms with E-state index in [-0.39, 0.29) is 11.4 Å². The largest absolute Gasteiger partial charge is 0.343 e. The van der Waals surface area contributed by atoms with Crippen molar-refractivity contribution in [3.8, 4) is 0 Å². The zero-order valence-electron chi connectivity index (χ0n) is 15.6. The number of carbonyl (C=O) groups is 1. The van der Waals surface area contributed by atoms with Crippen LogP contribution in [0, 0.1) is 5.92 Å². The molecular weight excluding hydrogens is 310 g/mol. The number of nitrogens with one attached hydrogen (secondary N) is 1. The van der Waals surface area contributed by atoms with Crippen molar-refractivity contribution >= 4 is 12.2 Å². The van der Waals surface area contributed by atoms with E-state index in [0.29, 0.717) is 12.0 Å². The van der Waals surface area contributed by atoms with Crippen molar-refractivity contribution in [2.24, 2.45) is 10.9 Å². The molecule has 1 saturated heterocycles. The molecular formula is C21H31N3O. The molecule has 0 aromatic heterocycles. The second-order valence-corrected chi connectivity index (χ2v) is 7.92. The van der Waals surface area contributed by atoms with Crippen LogP contribution >= 0.6 is 0 Å². The SMILES string of the molecule is CN(C(=O)/N=C\C1CCC(C)(c2ccccc2)CC1)C1CCNCC1. The van der Waals surface area contributed by atoms with Crippen molar-refractivity contribution in [3.05, 3.63) is 35.9 Å². The Labute approximate surface area is 151 Å². The molecule has 3 rings (SSSR count). The molecule has 1 saturated carbocycles. The van der Waals surface area contributed by atoms with Crippen LogP contribution in [0.5, 0.6) is 0 Å². The monoisotopic (exact) mass is 341 g/mol. The topological polar surface area (TPSA) is 44.7 Å². The van der Waals surface area contributed by atoms with Crippen molar-refractivity contribution in [3.63, 3.8) is 0 Å². The van der Waals surface area contributed by atoms with Gasteiger partial charge in [0.2, 0.25) is 0 Å². The number of benzene rings is 1. The van der Waals surface area contributed by atoms with Crippen molar-refractivity contribution in [2.75, 3.05) is 20.1 Å². The van der Waals surface area contributed by atoms with Gasteiger partial charge in [0.25, 0.3) is 0 Å². The number of hydrogen-bond acceptors (Lipinski definition) is 2. The molecule has 2 amide bonds. The van der Waals surface area contributed by atoms with Gasteiger partial charge >= 0.3 is 6.03 Å². The molecule has 0 unspecified atom stereocenters. The highest BCUT2D eigenvalue weighted by Gasteiger charge is 2.32. The lowest BCUT2D eigenvalue weighted by atomic mass is 9.68. The van der Waals surface area contributed by atoms with E-state index in [1.165, 1.54) is 5.56 Å². The maximum absolute atomic E-state index is 12.3. The Morgan fingerprint density at radius 3 is 2.44 bits per heavy atom. The van der Waals surface area contributed by atoms with Crippen LogP contribution in [0.2, 0.25) is 0 Å². The van der Waals surface area contributed by atoms with Crippen LogP contribution in [-0.2, 0) is 5.41 Å². The predicted molar refractivity (Wildman–Crippen MR) is 103 cm³/mol. The van der Waals surface area contributed by atoms with Gasteiger partial charge in [0.05, 0.1) is 0 Å². The first-order valence-electron chi connectivity index (χ1n) is 9.66. The first-order valence-corrected chi connectivity index (χ1v) is 9.66. The molecule has 4 nitrogen and oxygen atoms in total. The van der Waals surface area contributed by atoms with E-state index in [4.69, 9.17) is 0 Å². The first kappa shape index (κ1) is 18.1. The summed E-state index contributed by atoms with van der Waals surface area (Å²) < 4.78 is 0. The number of amides is 2. The molecule has 1 aliphatic heterocycles. The van der Waals surface area contributed by atoms with Gasteiger partial charge < -0.3 is 10.2 Å². The third-order valence-electron chi connectivity index (χ3n) is 6.16. The quantitative estimate of drug-likeness (QED) is 0.844. The molecule has 0 radical (unpaired) electrons. The molecule has 1 heterocycles. The minimum atomic E-state index is -0.0803. The van der Waals surface area contributed by atoms with Gasteiger partial charge in [-0.1, -0.05) is 37.3 Å². The van der Waals surface area contributed by atoms with Gasteiger partial charge in [-0.2, -0.15) is 0 Å². The van der Waals surface area contributed by atoms with Crippen molar-refractivity contribution in [1.82, 2.24) is 10.2 Å². The number of rotatable bonds is 3. The van der Waals surface area contributed by atoms with E-state index in [9.17, 15) is 4.79 Å². The normalized spacial score (nSPS) is 28.2. The van der Waals surface area contributed by atoms with E-state index in [1.54, 1.807) is 0 Å². The van der Waals surface area contributed by atoms with Crippen molar-refractivity contribution in [1.29, 1.82) is 0 Å². The Kier molecular flexibility index (Phi) is 5.89. The first-order chi connectivity index (χ1) is 12.1. The summed E-state index contributed by atoms with van der Waals surface area (Å²) in [4.78, 5) is 18.5. The Bertz CT molecular complexity index is 584. The van der Waals surface area contributed by atoms with E-state index < -0.39 is 0 Å². The lowest BCUT2D eigenvalue weighted by molar-refractivity contribution is 0.186. The number of piperidine rings is 1. The predicted octanol–water partition coefficient (Wildman–Crippen LogP) is 4.01. The summed E-state index contributed by atoms with van der Waals surface area (Å²) in [5.74, 6) is 0.433. The van der Waals surface area contributed by atoms with Gasteiger partial charge in [-0.05, 0) is 68.5 Å². The Morgan fingerprint density at radius 1 is 1.16 bits per heavy atom. The lowest BCUT2D eigenvalue weighted by Crippen LogP contribution is -2.43. The van der Waals surface area contributed by atoms with Gasteiger partial charge in [0.1, 0.15) is 0 Å². The van der Waals surface area contributed by atoms with Crippen LogP contribution in [-0.4, -0.2) is 43.3 Å². The number of nitrogens with zero attached hydrogens (tertiary/aromatic N) is 2. The maximum atomic E-state index is 12.3. The average Bonchev–Trinajstić information content (AvgIpc) is 2.68. The summed E-state index contributed by atoms with van der Waals surface area (Å²) in [6, 6.07) is 11.1. The van der Waals surface area contributed by atoms with Gasteiger partial charge in [0.15, 0.2) is 0 Å². The highest BCUT2D eigenvalue weighted by atomic mass is 16.2. The smallest absolute Gasteiger partial charge is 0.323 e. The standard InChI is InChI=1S/C21H31N3O/c1-21(18-6-4-3-5-7-18)12-8-17(9-13-21)16-23-20(25)24(2)19-10-14-22-15-11-19/h3-7,16-17,19,22H,8-15H2,1-2H3/b23-16-. The highest BCUT2D eigenvalue weighted by molar-refractivity contribution is 5.84. The van der Waals surface area contributed by atoms with Crippen LogP contribution in [0.15, 0.2) is 35.3 Å². The molecule has 0 atom stereocenters. The molecule has 1 aromatic carbocycles. The van der Waals surface area contributed by atoms with Gasteiger partial charge in [-0.15, -0.1) is 0 Å². The van der Waals surface area contributed by atoms with Crippen molar-refractivity contribution in [2.45, 2.75) is 56.9 Å². The van der Waals surface area contributed by atoms with Crippen LogP contribution in [0.4, 0.5) is 4.79 Å². The molecule has 136 valence electrons. The van der Waals surface area contributed by atoms with E-state index >= 15 is 0 Å². The van der Waals surface area contributed by atoms with E-state index in [2.05, 4.69) is 47.6 Å². The fourth-order valence-corrected chi connectivity index (χ4v) is 4.17. The van der Waals surface area contributed by atoms with Gasteiger partial charge in [-0.25, -0.2) is 9.79 Å². The zero-order valence-corrected chi connectivity index (χ0v) is 15.6. The molecule has 2 fully saturated rings. The number of carbonyl (C=O) groups excluding carboxylic acids is 1. The fourth-order valence-electron chi connectivity index (χ4n) is 4.17. The Hall–Kier alpha value is -1.68. The minimum Gasteiger partial charge on any atom is -0.323 e. The molecule has 1 N–H and O–H groups in total. The summed E-state index contributed by atoms with van der Waals surface area (Å²) in [5, 5.41) is 3.34. The molecule has 4 heteroatoms. The average molecular weight is 341 g/mol. The lowest BCUT2D eigenvalue weighted by Gasteiger charge is -2.37. The van der Waals surface area contributed by atoms with Crippen LogP contribution < -0.4 is 5.32 Å². The van der Waals surface area contributed by atoms with Crippen LogP contribution in [0.25, 0.3) is 0 Å². The number of hydrogen-bond donors (Lipinski definition) is 1. The molecule has 0 bridgehead atoms. The van der Waals surface area contributed by atoms with E-state index in [0.717, 1.165) is 51.6 Å². The molecule has 25 heavy (non-hydrogen) atoms. The van der Waals surface area contributed by atoms with Gasteiger partial charge in [0, 0.05) is 19.3 Å².